The minimum atomic E-state index is -0.741. The molecule has 1 aromatic heterocycles. The number of thioether (sulfide) groups is 2. The van der Waals surface area contributed by atoms with Crippen molar-refractivity contribution in [2.24, 2.45) is 16.8 Å². The van der Waals surface area contributed by atoms with Crippen molar-refractivity contribution in [1.82, 2.24) is 30.4 Å². The Morgan fingerprint density at radius 1 is 0.810 bits per heavy atom. The fourth-order valence-electron chi connectivity index (χ4n) is 7.99. The third kappa shape index (κ3) is 9.47. The zero-order chi connectivity index (χ0) is 41.7. The van der Waals surface area contributed by atoms with E-state index in [0.29, 0.717) is 25.3 Å². The number of carbonyl (C=O) groups excluding carboxylic acids is 4. The van der Waals surface area contributed by atoms with Gasteiger partial charge in [-0.1, -0.05) is 76.2 Å². The van der Waals surface area contributed by atoms with Gasteiger partial charge in [0.1, 0.15) is 24.5 Å². The largest absolute Gasteiger partial charge is 0.453 e. The highest BCUT2D eigenvalue weighted by molar-refractivity contribution is 7.99. The summed E-state index contributed by atoms with van der Waals surface area (Å²) < 4.78 is 4.80. The normalized spacial score (nSPS) is 21.6. The molecule has 4 amide bonds. The van der Waals surface area contributed by atoms with Crippen LogP contribution in [0.15, 0.2) is 65.9 Å². The molecule has 2 fully saturated rings. The monoisotopic (exact) mass is 829 g/mol. The van der Waals surface area contributed by atoms with Gasteiger partial charge in [-0.15, -0.1) is 0 Å². The topological polar surface area (TPSA) is 169 Å². The lowest BCUT2D eigenvalue weighted by Crippen LogP contribution is -2.53. The van der Waals surface area contributed by atoms with Crippen molar-refractivity contribution in [1.29, 1.82) is 0 Å². The molecule has 0 radical (unpaired) electrons. The van der Waals surface area contributed by atoms with E-state index in [4.69, 9.17) is 14.7 Å². The van der Waals surface area contributed by atoms with E-state index in [2.05, 4.69) is 70.4 Å². The molecule has 310 valence electrons. The number of amides is 4. The van der Waals surface area contributed by atoms with Crippen LogP contribution in [0.25, 0.3) is 28.0 Å². The minimum Gasteiger partial charge on any atom is -0.453 e. The zero-order valence-electron chi connectivity index (χ0n) is 34.2. The summed E-state index contributed by atoms with van der Waals surface area (Å²) in [6.45, 7) is 8.09. The highest BCUT2D eigenvalue weighted by Gasteiger charge is 2.43. The second-order valence-electron chi connectivity index (χ2n) is 15.8. The number of imidazole rings is 1. The lowest BCUT2D eigenvalue weighted by Gasteiger charge is -2.31. The van der Waals surface area contributed by atoms with Crippen LogP contribution in [-0.2, 0) is 19.1 Å². The van der Waals surface area contributed by atoms with Gasteiger partial charge in [-0.25, -0.2) is 9.78 Å². The first-order valence-electron chi connectivity index (χ1n) is 19.8. The molecule has 4 N–H and O–H groups in total. The first kappa shape index (κ1) is 43.0. The molecule has 13 nitrogen and oxygen atoms in total. The van der Waals surface area contributed by atoms with Crippen molar-refractivity contribution < 1.29 is 29.0 Å². The standard InChI is InChI=1S/C43H55N7O6S2/c1-24(2)38(47-37(52)23-51)41(53)50-22-32(58-7)18-36(50)40-45-20-34(46-40)29-14-12-27(13-15-29)26-8-10-28(11-9-26)30-16-33(44-19-30)35-17-31(57-6)21-49(35)42(54)39(25(3)4)48-43(55)56-5/h8-15,19-20,24-25,31-32,35-36,38-39,51H,16-18,21-23H2,1-7H3,(H,45,46)(H,47,52)(H,48,55)/t31-,32-,35-,36?,38-,39-/m0/s1. The van der Waals surface area contributed by atoms with Crippen molar-refractivity contribution in [2.75, 3.05) is 39.3 Å². The highest BCUT2D eigenvalue weighted by atomic mass is 32.2. The van der Waals surface area contributed by atoms with Gasteiger partial charge in [0, 0.05) is 41.9 Å². The maximum atomic E-state index is 13.8. The van der Waals surface area contributed by atoms with Crippen molar-refractivity contribution in [2.45, 2.75) is 81.6 Å². The van der Waals surface area contributed by atoms with Gasteiger partial charge >= 0.3 is 6.09 Å². The molecule has 6 rings (SSSR count). The van der Waals surface area contributed by atoms with Gasteiger partial charge < -0.3 is 35.3 Å². The number of benzene rings is 2. The van der Waals surface area contributed by atoms with E-state index in [1.165, 1.54) is 7.11 Å². The number of rotatable bonds is 14. The summed E-state index contributed by atoms with van der Waals surface area (Å²) in [5, 5.41) is 15.3. The van der Waals surface area contributed by atoms with E-state index >= 15 is 0 Å². The van der Waals surface area contributed by atoms with E-state index in [0.717, 1.165) is 52.1 Å². The van der Waals surface area contributed by atoms with Gasteiger partial charge in [-0.3, -0.25) is 19.4 Å². The summed E-state index contributed by atoms with van der Waals surface area (Å²) in [5.41, 5.74) is 7.09. The molecule has 0 bridgehead atoms. The Morgan fingerprint density at radius 2 is 1.33 bits per heavy atom. The van der Waals surface area contributed by atoms with E-state index in [1.54, 1.807) is 29.7 Å². The maximum absolute atomic E-state index is 13.8. The summed E-state index contributed by atoms with van der Waals surface area (Å²) in [6, 6.07) is 14.9. The number of carbonyl (C=O) groups is 4. The quantitative estimate of drug-likeness (QED) is 0.157. The molecule has 3 aliphatic rings. The lowest BCUT2D eigenvalue weighted by molar-refractivity contribution is -0.139. The van der Waals surface area contributed by atoms with Crippen LogP contribution in [0.1, 0.15) is 64.4 Å². The summed E-state index contributed by atoms with van der Waals surface area (Å²) in [4.78, 5) is 68.4. The summed E-state index contributed by atoms with van der Waals surface area (Å²) in [5.74, 6) is -0.405. The number of aliphatic imine (C=N–C) groups is 1. The van der Waals surface area contributed by atoms with Gasteiger partial charge in [-0.2, -0.15) is 23.5 Å². The number of allylic oxidation sites excluding steroid dienone is 1. The maximum Gasteiger partial charge on any atom is 0.407 e. The number of ether oxygens (including phenoxy) is 1. The molecule has 0 spiro atoms. The van der Waals surface area contributed by atoms with Crippen LogP contribution in [-0.4, -0.2) is 122 Å². The van der Waals surface area contributed by atoms with Gasteiger partial charge in [-0.05, 0) is 65.0 Å². The molecule has 15 heteroatoms. The second-order valence-corrected chi connectivity index (χ2v) is 18.1. The molecule has 3 aliphatic heterocycles. The summed E-state index contributed by atoms with van der Waals surface area (Å²) >= 11 is 3.46. The number of alkyl carbamates (subject to hydrolysis) is 1. The third-order valence-corrected chi connectivity index (χ3v) is 13.4. The second kappa shape index (κ2) is 19.0. The number of H-pyrrole nitrogens is 1. The molecular formula is C43H55N7O6S2. The van der Waals surface area contributed by atoms with Crippen LogP contribution >= 0.6 is 23.5 Å². The van der Waals surface area contributed by atoms with Crippen molar-refractivity contribution in [3.63, 3.8) is 0 Å². The average Bonchev–Trinajstić information content (AvgIpc) is 4.07. The van der Waals surface area contributed by atoms with Crippen LogP contribution in [0, 0.1) is 11.8 Å². The number of methoxy groups -OCH3 is 1. The average molecular weight is 830 g/mol. The van der Waals surface area contributed by atoms with Crippen molar-refractivity contribution >= 4 is 58.6 Å². The first-order chi connectivity index (χ1) is 27.8. The molecule has 6 atom stereocenters. The number of aromatic amines is 1. The smallest absolute Gasteiger partial charge is 0.407 e. The van der Waals surface area contributed by atoms with Gasteiger partial charge in [0.25, 0.3) is 0 Å². The third-order valence-electron chi connectivity index (χ3n) is 11.4. The SMILES string of the molecule is COC(=O)N[C@H](C(=O)N1C[C@@H](SC)C[C@H]1C1=NC=C(c2ccc(-c3ccc(-c4cnc(C5C[C@H](SC)CN5C(=O)[C@@H](NC(=O)CO)C(C)C)[nH]4)cc3)cc2)C1)C(C)C. The fourth-order valence-corrected chi connectivity index (χ4v) is 9.36. The van der Waals surface area contributed by atoms with E-state index in [-0.39, 0.29) is 46.2 Å². The Labute approximate surface area is 349 Å². The molecule has 2 aromatic carbocycles. The Balaban J connectivity index is 1.10. The molecular weight excluding hydrogens is 775 g/mol. The van der Waals surface area contributed by atoms with Crippen LogP contribution in [0.4, 0.5) is 4.79 Å². The first-order valence-corrected chi connectivity index (χ1v) is 22.4. The molecule has 4 heterocycles. The molecule has 3 aromatic rings. The number of likely N-dealkylation sites (tertiary alicyclic amines) is 2. The Bertz CT molecular complexity index is 2010. The highest BCUT2D eigenvalue weighted by Crippen LogP contribution is 2.38. The molecule has 0 aliphatic carbocycles. The van der Waals surface area contributed by atoms with E-state index in [1.807, 2.05) is 50.0 Å². The van der Waals surface area contributed by atoms with Gasteiger partial charge in [0.2, 0.25) is 17.7 Å². The van der Waals surface area contributed by atoms with E-state index in [9.17, 15) is 24.3 Å². The number of hydrogen-bond donors (Lipinski definition) is 4. The van der Waals surface area contributed by atoms with Gasteiger partial charge in [0.05, 0.1) is 31.1 Å². The summed E-state index contributed by atoms with van der Waals surface area (Å²) in [6.07, 6.45) is 9.41. The van der Waals surface area contributed by atoms with Crippen molar-refractivity contribution in [3.05, 3.63) is 72.3 Å². The van der Waals surface area contributed by atoms with Crippen LogP contribution < -0.4 is 10.6 Å². The molecule has 0 saturated carbocycles. The lowest BCUT2D eigenvalue weighted by atomic mass is 9.95. The zero-order valence-corrected chi connectivity index (χ0v) is 35.9. The number of hydrogen-bond acceptors (Lipinski definition) is 10. The van der Waals surface area contributed by atoms with Crippen molar-refractivity contribution in [3.8, 4) is 22.4 Å². The fraction of sp³-hybridized carbons (Fsp3) is 0.488. The van der Waals surface area contributed by atoms with E-state index < -0.39 is 30.7 Å². The van der Waals surface area contributed by atoms with Crippen LogP contribution in [0.2, 0.25) is 0 Å². The number of nitrogens with one attached hydrogen (secondary N) is 3. The summed E-state index contributed by atoms with van der Waals surface area (Å²) in [7, 11) is 1.30. The molecule has 58 heavy (non-hydrogen) atoms. The Morgan fingerprint density at radius 3 is 1.86 bits per heavy atom. The minimum absolute atomic E-state index is 0.104. The number of aromatic nitrogens is 2. The predicted molar refractivity (Wildman–Crippen MR) is 231 cm³/mol. The van der Waals surface area contributed by atoms with Crippen LogP contribution in [0.3, 0.4) is 0 Å². The molecule has 1 unspecified atom stereocenters. The predicted octanol–water partition coefficient (Wildman–Crippen LogP) is 5.78. The Kier molecular flexibility index (Phi) is 14.1. The number of nitrogens with zero attached hydrogens (tertiary/aromatic N) is 4. The van der Waals surface area contributed by atoms with Gasteiger partial charge in [0.15, 0.2) is 0 Å². The Hall–Kier alpha value is -4.60. The van der Waals surface area contributed by atoms with Crippen LogP contribution in [0.5, 0.6) is 0 Å². The number of aliphatic hydroxyl groups is 1. The number of aliphatic hydroxyl groups excluding tert-OH is 1. The molecule has 2 saturated heterocycles.